The van der Waals surface area contributed by atoms with Crippen molar-refractivity contribution in [2.45, 2.75) is 12.5 Å². The number of amides is 3. The Balaban J connectivity index is 1.63. The molecule has 2 aromatic carbocycles. The molecule has 1 aliphatic rings. The maximum atomic E-state index is 12.6. The first-order chi connectivity index (χ1) is 14.0. The monoisotopic (exact) mass is 430 g/mol. The molecule has 1 heterocycles. The minimum atomic E-state index is -0.543. The van der Waals surface area contributed by atoms with Crippen molar-refractivity contribution >= 4 is 46.5 Å². The molecule has 0 radical (unpaired) electrons. The number of carbonyl (C=O) groups is 3. The van der Waals surface area contributed by atoms with Gasteiger partial charge in [0.15, 0.2) is 0 Å². The highest BCUT2D eigenvalue weighted by Crippen LogP contribution is 2.33. The molecule has 3 amide bonds. The fourth-order valence-electron chi connectivity index (χ4n) is 2.85. The Morgan fingerprint density at radius 1 is 1.14 bits per heavy atom. The van der Waals surface area contributed by atoms with Crippen LogP contribution in [0.2, 0.25) is 5.02 Å². The number of halogens is 1. The lowest BCUT2D eigenvalue weighted by Gasteiger charge is -2.18. The van der Waals surface area contributed by atoms with Gasteiger partial charge in [-0.2, -0.15) is 0 Å². The zero-order chi connectivity index (χ0) is 20.8. The number of benzene rings is 2. The standard InChI is InChI=1S/C21H19ClN2O4S/c22-17-9-5-4-8-15(17)11-18-20(27)24(21(28)29-18)12-19(26)23-16(13-25)10-14-6-2-1-3-7-14/h1-9,11,16,25H,10,12-13H2,(H,23,26). The topological polar surface area (TPSA) is 86.7 Å². The van der Waals surface area contributed by atoms with Crippen molar-refractivity contribution in [2.75, 3.05) is 13.2 Å². The van der Waals surface area contributed by atoms with Gasteiger partial charge in [-0.3, -0.25) is 19.3 Å². The molecule has 1 fully saturated rings. The number of nitrogens with zero attached hydrogens (tertiary/aromatic N) is 1. The van der Waals surface area contributed by atoms with Crippen LogP contribution < -0.4 is 5.32 Å². The molecule has 1 saturated heterocycles. The fourth-order valence-corrected chi connectivity index (χ4v) is 3.87. The molecule has 1 unspecified atom stereocenters. The zero-order valence-corrected chi connectivity index (χ0v) is 16.9. The molecule has 1 aliphatic heterocycles. The molecule has 0 aromatic heterocycles. The Morgan fingerprint density at radius 2 is 1.83 bits per heavy atom. The smallest absolute Gasteiger partial charge is 0.294 e. The number of aliphatic hydroxyl groups is 1. The second-order valence-corrected chi connectivity index (χ2v) is 7.83. The van der Waals surface area contributed by atoms with Crippen LogP contribution in [0.5, 0.6) is 0 Å². The molecule has 2 N–H and O–H groups in total. The minimum Gasteiger partial charge on any atom is -0.394 e. The summed E-state index contributed by atoms with van der Waals surface area (Å²) in [5, 5.41) is 12.2. The van der Waals surface area contributed by atoms with Gasteiger partial charge in [0.05, 0.1) is 17.6 Å². The van der Waals surface area contributed by atoms with E-state index in [9.17, 15) is 19.5 Å². The number of hydrogen-bond acceptors (Lipinski definition) is 5. The SMILES string of the molecule is O=C(CN1C(=O)SC(=Cc2ccccc2Cl)C1=O)NC(CO)Cc1ccccc1. The lowest BCUT2D eigenvalue weighted by atomic mass is 10.1. The molecule has 0 saturated carbocycles. The molecule has 0 bridgehead atoms. The molecule has 29 heavy (non-hydrogen) atoms. The Hall–Kier alpha value is -2.61. The van der Waals surface area contributed by atoms with E-state index < -0.39 is 29.6 Å². The van der Waals surface area contributed by atoms with Crippen LogP contribution in [0.15, 0.2) is 59.5 Å². The van der Waals surface area contributed by atoms with Crippen LogP contribution in [0.3, 0.4) is 0 Å². The van der Waals surface area contributed by atoms with Crippen LogP contribution in [0.25, 0.3) is 6.08 Å². The van der Waals surface area contributed by atoms with Gasteiger partial charge < -0.3 is 10.4 Å². The molecular weight excluding hydrogens is 412 g/mol. The molecule has 0 aliphatic carbocycles. The normalized spacial score (nSPS) is 16.3. The first kappa shape index (κ1) is 21.1. The van der Waals surface area contributed by atoms with E-state index in [2.05, 4.69) is 5.32 Å². The summed E-state index contributed by atoms with van der Waals surface area (Å²) in [7, 11) is 0. The largest absolute Gasteiger partial charge is 0.394 e. The Kier molecular flexibility index (Phi) is 7.09. The molecule has 3 rings (SSSR count). The summed E-state index contributed by atoms with van der Waals surface area (Å²) in [5.74, 6) is -1.06. The minimum absolute atomic E-state index is 0.207. The van der Waals surface area contributed by atoms with Crippen molar-refractivity contribution in [3.05, 3.63) is 75.7 Å². The average molecular weight is 431 g/mol. The lowest BCUT2D eigenvalue weighted by Crippen LogP contribution is -2.45. The third kappa shape index (κ3) is 5.47. The van der Waals surface area contributed by atoms with E-state index in [1.165, 1.54) is 6.08 Å². The van der Waals surface area contributed by atoms with E-state index in [-0.39, 0.29) is 11.5 Å². The van der Waals surface area contributed by atoms with E-state index in [1.54, 1.807) is 24.3 Å². The Labute approximate surface area is 177 Å². The van der Waals surface area contributed by atoms with Crippen molar-refractivity contribution in [2.24, 2.45) is 0 Å². The van der Waals surface area contributed by atoms with Crippen molar-refractivity contribution < 1.29 is 19.5 Å². The van der Waals surface area contributed by atoms with Gasteiger partial charge in [-0.25, -0.2) is 0 Å². The van der Waals surface area contributed by atoms with Crippen LogP contribution in [-0.2, 0) is 16.0 Å². The third-order valence-electron chi connectivity index (χ3n) is 4.28. The number of nitrogens with one attached hydrogen (secondary N) is 1. The predicted molar refractivity (Wildman–Crippen MR) is 113 cm³/mol. The second kappa shape index (κ2) is 9.73. The summed E-state index contributed by atoms with van der Waals surface area (Å²) in [6, 6.07) is 15.9. The lowest BCUT2D eigenvalue weighted by molar-refractivity contribution is -0.129. The fraction of sp³-hybridized carbons (Fsp3) is 0.190. The van der Waals surface area contributed by atoms with Crippen molar-refractivity contribution in [3.63, 3.8) is 0 Å². The summed E-state index contributed by atoms with van der Waals surface area (Å²) in [4.78, 5) is 38.2. The van der Waals surface area contributed by atoms with E-state index in [0.29, 0.717) is 17.0 Å². The first-order valence-corrected chi connectivity index (χ1v) is 10.1. The van der Waals surface area contributed by atoms with E-state index in [1.807, 2.05) is 30.3 Å². The van der Waals surface area contributed by atoms with Gasteiger partial charge in [-0.15, -0.1) is 0 Å². The highest BCUT2D eigenvalue weighted by atomic mass is 35.5. The maximum Gasteiger partial charge on any atom is 0.294 e. The van der Waals surface area contributed by atoms with Gasteiger partial charge in [-0.1, -0.05) is 60.1 Å². The Morgan fingerprint density at radius 3 is 2.52 bits per heavy atom. The first-order valence-electron chi connectivity index (χ1n) is 8.92. The van der Waals surface area contributed by atoms with Crippen LogP contribution in [0.4, 0.5) is 4.79 Å². The summed E-state index contributed by atoms with van der Waals surface area (Å²) in [6.45, 7) is -0.662. The van der Waals surface area contributed by atoms with Gasteiger partial charge in [0, 0.05) is 5.02 Å². The molecule has 1 atom stereocenters. The summed E-state index contributed by atoms with van der Waals surface area (Å²) in [5.41, 5.74) is 1.58. The summed E-state index contributed by atoms with van der Waals surface area (Å²) >= 11 is 6.86. The highest BCUT2D eigenvalue weighted by Gasteiger charge is 2.36. The van der Waals surface area contributed by atoms with Crippen LogP contribution in [-0.4, -0.2) is 46.3 Å². The number of carbonyl (C=O) groups excluding carboxylic acids is 3. The number of aliphatic hydroxyl groups excluding tert-OH is 1. The molecule has 2 aromatic rings. The second-order valence-electron chi connectivity index (χ2n) is 6.43. The molecular formula is C21H19ClN2O4S. The van der Waals surface area contributed by atoms with Gasteiger partial charge >= 0.3 is 0 Å². The van der Waals surface area contributed by atoms with Gasteiger partial charge in [0.25, 0.3) is 11.1 Å². The summed E-state index contributed by atoms with van der Waals surface area (Å²) < 4.78 is 0. The van der Waals surface area contributed by atoms with Crippen molar-refractivity contribution in [1.29, 1.82) is 0 Å². The van der Waals surface area contributed by atoms with E-state index >= 15 is 0 Å². The predicted octanol–water partition coefficient (Wildman–Crippen LogP) is 3.10. The quantitative estimate of drug-likeness (QED) is 0.659. The molecule has 8 heteroatoms. The van der Waals surface area contributed by atoms with Crippen LogP contribution in [0.1, 0.15) is 11.1 Å². The Bertz CT molecular complexity index is 949. The zero-order valence-electron chi connectivity index (χ0n) is 15.4. The number of imide groups is 1. The van der Waals surface area contributed by atoms with Crippen LogP contribution in [0, 0.1) is 0 Å². The van der Waals surface area contributed by atoms with Crippen LogP contribution >= 0.6 is 23.4 Å². The van der Waals surface area contributed by atoms with E-state index in [0.717, 1.165) is 22.2 Å². The van der Waals surface area contributed by atoms with E-state index in [4.69, 9.17) is 11.6 Å². The van der Waals surface area contributed by atoms with Gasteiger partial charge in [0.2, 0.25) is 5.91 Å². The molecule has 150 valence electrons. The number of hydrogen-bond donors (Lipinski definition) is 2. The molecule has 6 nitrogen and oxygen atoms in total. The highest BCUT2D eigenvalue weighted by molar-refractivity contribution is 8.18. The average Bonchev–Trinajstić information content (AvgIpc) is 2.97. The maximum absolute atomic E-state index is 12.6. The number of rotatable bonds is 7. The summed E-state index contributed by atoms with van der Waals surface area (Å²) in [6.07, 6.45) is 1.98. The third-order valence-corrected chi connectivity index (χ3v) is 5.53. The van der Waals surface area contributed by atoms with Crippen molar-refractivity contribution in [1.82, 2.24) is 10.2 Å². The van der Waals surface area contributed by atoms with Gasteiger partial charge in [0.1, 0.15) is 6.54 Å². The number of thioether (sulfide) groups is 1. The molecule has 0 spiro atoms. The van der Waals surface area contributed by atoms with Gasteiger partial charge in [-0.05, 0) is 41.5 Å². The van der Waals surface area contributed by atoms with Crippen molar-refractivity contribution in [3.8, 4) is 0 Å².